The Morgan fingerprint density at radius 1 is 1.17 bits per heavy atom. The van der Waals surface area contributed by atoms with Gasteiger partial charge in [-0.05, 0) is 55.2 Å². The number of amides is 1. The highest BCUT2D eigenvalue weighted by molar-refractivity contribution is 6.12. The van der Waals surface area contributed by atoms with Crippen LogP contribution in [0, 0.1) is 13.8 Å². The van der Waals surface area contributed by atoms with E-state index in [-0.39, 0.29) is 18.2 Å². The van der Waals surface area contributed by atoms with Gasteiger partial charge in [-0.3, -0.25) is 4.79 Å². The van der Waals surface area contributed by atoms with E-state index in [1.54, 1.807) is 7.11 Å². The van der Waals surface area contributed by atoms with Crippen molar-refractivity contribution >= 4 is 17.3 Å². The van der Waals surface area contributed by atoms with Crippen LogP contribution in [0.3, 0.4) is 0 Å². The Labute approximate surface area is 136 Å². The molecule has 118 valence electrons. The molecule has 2 aromatic rings. The summed E-state index contributed by atoms with van der Waals surface area (Å²) in [5.74, 6) is 0.0464. The molecule has 0 radical (unpaired) electrons. The number of nitrogens with one attached hydrogen (secondary N) is 1. The average molecular weight is 308 g/mol. The van der Waals surface area contributed by atoms with Crippen LogP contribution in [-0.2, 0) is 11.2 Å². The topological polar surface area (TPSA) is 41.6 Å². The number of hydrogen-bond acceptors (Lipinski definition) is 3. The lowest BCUT2D eigenvalue weighted by Crippen LogP contribution is -2.46. The van der Waals surface area contributed by atoms with E-state index in [0.717, 1.165) is 23.4 Å². The molecule has 2 heterocycles. The minimum Gasteiger partial charge on any atom is -0.360 e. The molecule has 0 bridgehead atoms. The lowest BCUT2D eigenvalue weighted by molar-refractivity contribution is 0.0870. The number of rotatable bonds is 1. The molecular weight excluding hydrogens is 288 g/mol. The maximum absolute atomic E-state index is 13.2. The van der Waals surface area contributed by atoms with Gasteiger partial charge in [-0.15, -0.1) is 0 Å². The number of nitrogens with zero attached hydrogens (tertiary/aromatic N) is 1. The summed E-state index contributed by atoms with van der Waals surface area (Å²) in [7, 11) is 1.69. The van der Waals surface area contributed by atoms with Crippen molar-refractivity contribution in [3.8, 4) is 0 Å². The molecular formula is C19H20N2O2. The third-order valence-electron chi connectivity index (χ3n) is 5.00. The van der Waals surface area contributed by atoms with Crippen molar-refractivity contribution in [2.75, 3.05) is 17.3 Å². The van der Waals surface area contributed by atoms with Gasteiger partial charge in [0.2, 0.25) is 0 Å². The molecule has 4 nitrogen and oxygen atoms in total. The van der Waals surface area contributed by atoms with E-state index in [4.69, 9.17) is 4.74 Å². The summed E-state index contributed by atoms with van der Waals surface area (Å²) in [4.78, 5) is 15.1. The van der Waals surface area contributed by atoms with E-state index in [9.17, 15) is 4.79 Å². The zero-order chi connectivity index (χ0) is 16.1. The van der Waals surface area contributed by atoms with Gasteiger partial charge in [0.1, 0.15) is 6.23 Å². The van der Waals surface area contributed by atoms with Gasteiger partial charge in [0.25, 0.3) is 5.91 Å². The van der Waals surface area contributed by atoms with E-state index in [0.29, 0.717) is 5.56 Å². The molecule has 0 saturated carbocycles. The Morgan fingerprint density at radius 2 is 1.91 bits per heavy atom. The summed E-state index contributed by atoms with van der Waals surface area (Å²) < 4.78 is 5.69. The van der Waals surface area contributed by atoms with Crippen molar-refractivity contribution in [2.24, 2.45) is 0 Å². The van der Waals surface area contributed by atoms with Gasteiger partial charge in [0.05, 0.1) is 11.6 Å². The second-order valence-electron chi connectivity index (χ2n) is 6.36. The number of benzene rings is 2. The smallest absolute Gasteiger partial charge is 0.260 e. The molecule has 0 saturated heterocycles. The maximum Gasteiger partial charge on any atom is 0.260 e. The van der Waals surface area contributed by atoms with E-state index in [2.05, 4.69) is 18.3 Å². The van der Waals surface area contributed by atoms with Crippen LogP contribution < -0.4 is 10.2 Å². The van der Waals surface area contributed by atoms with Gasteiger partial charge in [-0.25, -0.2) is 0 Å². The summed E-state index contributed by atoms with van der Waals surface area (Å²) in [6.07, 6.45) is 0.578. The zero-order valence-electron chi connectivity index (χ0n) is 13.6. The summed E-state index contributed by atoms with van der Waals surface area (Å²) >= 11 is 0. The van der Waals surface area contributed by atoms with Gasteiger partial charge in [0.15, 0.2) is 0 Å². The van der Waals surface area contributed by atoms with Gasteiger partial charge in [-0.1, -0.05) is 18.2 Å². The molecule has 0 spiro atoms. The molecule has 2 aliphatic rings. The van der Waals surface area contributed by atoms with Gasteiger partial charge in [0, 0.05) is 18.5 Å². The number of carbonyl (C=O) groups is 1. The first-order valence-corrected chi connectivity index (χ1v) is 7.92. The van der Waals surface area contributed by atoms with Crippen LogP contribution in [0.5, 0.6) is 0 Å². The third-order valence-corrected chi connectivity index (χ3v) is 5.00. The minimum absolute atomic E-state index is 0.0297. The SMILES string of the molecule is COC1Nc2cc(C)c(C)cc2C(=O)N2c3ccccc3CC12. The molecule has 1 N–H and O–H groups in total. The fourth-order valence-corrected chi connectivity index (χ4v) is 3.62. The predicted octanol–water partition coefficient (Wildman–Crippen LogP) is 3.27. The Bertz CT molecular complexity index is 800. The first-order chi connectivity index (χ1) is 11.1. The van der Waals surface area contributed by atoms with Crippen molar-refractivity contribution in [1.29, 1.82) is 0 Å². The number of aryl methyl sites for hydroxylation is 2. The second-order valence-corrected chi connectivity index (χ2v) is 6.36. The Kier molecular flexibility index (Phi) is 3.16. The summed E-state index contributed by atoms with van der Waals surface area (Å²) in [6.45, 7) is 4.10. The number of methoxy groups -OCH3 is 1. The Balaban J connectivity index is 1.90. The predicted molar refractivity (Wildman–Crippen MR) is 91.1 cm³/mol. The average Bonchev–Trinajstić information content (AvgIpc) is 2.89. The van der Waals surface area contributed by atoms with Crippen LogP contribution in [0.4, 0.5) is 11.4 Å². The van der Waals surface area contributed by atoms with Gasteiger partial charge < -0.3 is 15.0 Å². The van der Waals surface area contributed by atoms with Crippen molar-refractivity contribution in [3.05, 3.63) is 58.7 Å². The van der Waals surface area contributed by atoms with E-state index in [1.807, 2.05) is 42.2 Å². The standard InChI is InChI=1S/C19H20N2O2/c1-11-8-14-15(9-12(11)2)20-18(23-3)17-10-13-6-4-5-7-16(13)21(17)19(14)22/h4-9,17-18,20H,10H2,1-3H3. The van der Waals surface area contributed by atoms with E-state index < -0.39 is 0 Å². The summed E-state index contributed by atoms with van der Waals surface area (Å²) in [5.41, 5.74) is 6.06. The molecule has 0 aliphatic carbocycles. The molecule has 2 aromatic carbocycles. The molecule has 2 aliphatic heterocycles. The van der Waals surface area contributed by atoms with E-state index in [1.165, 1.54) is 11.1 Å². The number of ether oxygens (including phenoxy) is 1. The van der Waals surface area contributed by atoms with Gasteiger partial charge >= 0.3 is 0 Å². The second kappa shape index (κ2) is 5.10. The van der Waals surface area contributed by atoms with Crippen LogP contribution in [0.1, 0.15) is 27.0 Å². The van der Waals surface area contributed by atoms with E-state index >= 15 is 0 Å². The molecule has 0 fully saturated rings. The van der Waals surface area contributed by atoms with Crippen LogP contribution in [0.25, 0.3) is 0 Å². The zero-order valence-corrected chi connectivity index (χ0v) is 13.6. The monoisotopic (exact) mass is 308 g/mol. The van der Waals surface area contributed by atoms with Crippen molar-refractivity contribution in [3.63, 3.8) is 0 Å². The van der Waals surface area contributed by atoms with Crippen molar-refractivity contribution < 1.29 is 9.53 Å². The highest BCUT2D eigenvalue weighted by atomic mass is 16.5. The molecule has 23 heavy (non-hydrogen) atoms. The lowest BCUT2D eigenvalue weighted by Gasteiger charge is -2.28. The van der Waals surface area contributed by atoms with Crippen molar-refractivity contribution in [1.82, 2.24) is 0 Å². The minimum atomic E-state index is -0.227. The van der Waals surface area contributed by atoms with Crippen LogP contribution in [0.2, 0.25) is 0 Å². The lowest BCUT2D eigenvalue weighted by atomic mass is 10.0. The molecule has 0 aromatic heterocycles. The quantitative estimate of drug-likeness (QED) is 0.879. The Hall–Kier alpha value is -2.33. The molecule has 2 unspecified atom stereocenters. The number of fused-ring (bicyclic) bond motifs is 4. The highest BCUT2D eigenvalue weighted by Crippen LogP contribution is 2.39. The fraction of sp³-hybridized carbons (Fsp3) is 0.316. The Morgan fingerprint density at radius 3 is 2.70 bits per heavy atom. The number of carbonyl (C=O) groups excluding carboxylic acids is 1. The van der Waals surface area contributed by atoms with Gasteiger partial charge in [-0.2, -0.15) is 0 Å². The third kappa shape index (κ3) is 2.05. The molecule has 4 rings (SSSR count). The largest absolute Gasteiger partial charge is 0.360 e. The number of hydrogen-bond donors (Lipinski definition) is 1. The first kappa shape index (κ1) is 14.3. The van der Waals surface area contributed by atoms with Crippen LogP contribution in [0.15, 0.2) is 36.4 Å². The number of para-hydroxylation sites is 1. The van der Waals surface area contributed by atoms with Crippen LogP contribution >= 0.6 is 0 Å². The van der Waals surface area contributed by atoms with Crippen LogP contribution in [-0.4, -0.2) is 25.3 Å². The first-order valence-electron chi connectivity index (χ1n) is 7.92. The summed E-state index contributed by atoms with van der Waals surface area (Å²) in [6, 6.07) is 12.1. The highest BCUT2D eigenvalue weighted by Gasteiger charge is 2.42. The molecule has 2 atom stereocenters. The maximum atomic E-state index is 13.2. The normalized spacial score (nSPS) is 22.0. The molecule has 1 amide bonds. The fourth-order valence-electron chi connectivity index (χ4n) is 3.62. The van der Waals surface area contributed by atoms with Crippen molar-refractivity contribution in [2.45, 2.75) is 32.5 Å². The number of anilines is 2. The molecule has 4 heteroatoms. The summed E-state index contributed by atoms with van der Waals surface area (Å²) in [5, 5.41) is 3.43.